The highest BCUT2D eigenvalue weighted by atomic mass is 79.9. The first-order chi connectivity index (χ1) is 9.83. The van der Waals surface area contributed by atoms with Gasteiger partial charge in [-0.25, -0.2) is 0 Å². The fourth-order valence-corrected chi connectivity index (χ4v) is 2.56. The van der Waals surface area contributed by atoms with Gasteiger partial charge in [0.25, 0.3) is 0 Å². The smallest absolute Gasteiger partial charge is 0.0631 e. The molecule has 0 radical (unpaired) electrons. The van der Waals surface area contributed by atoms with Crippen LogP contribution in [-0.4, -0.2) is 21.9 Å². The van der Waals surface area contributed by atoms with Gasteiger partial charge >= 0.3 is 0 Å². The number of hydrogen-bond donors (Lipinski definition) is 1. The lowest BCUT2D eigenvalue weighted by Crippen LogP contribution is -2.39. The van der Waals surface area contributed by atoms with Crippen LogP contribution in [0.4, 0.5) is 0 Å². The number of benzene rings is 1. The van der Waals surface area contributed by atoms with Gasteiger partial charge in [0.2, 0.25) is 0 Å². The third-order valence-corrected chi connectivity index (χ3v) is 3.97. The van der Waals surface area contributed by atoms with Gasteiger partial charge in [0.15, 0.2) is 0 Å². The maximum Gasteiger partial charge on any atom is 0.0631 e. The highest BCUT2D eigenvalue weighted by Crippen LogP contribution is 2.22. The largest absolute Gasteiger partial charge is 0.311 e. The third-order valence-electron chi connectivity index (χ3n) is 3.44. The summed E-state index contributed by atoms with van der Waals surface area (Å²) in [5, 5.41) is 8.13. The second-order valence-electron chi connectivity index (χ2n) is 6.56. The van der Waals surface area contributed by atoms with Crippen molar-refractivity contribution in [3.8, 4) is 0 Å². The van der Waals surface area contributed by atoms with Crippen LogP contribution in [0.1, 0.15) is 37.9 Å². The van der Waals surface area contributed by atoms with E-state index in [-0.39, 0.29) is 5.54 Å². The van der Waals surface area contributed by atoms with Crippen molar-refractivity contribution in [2.45, 2.75) is 38.6 Å². The molecule has 0 aliphatic heterocycles. The summed E-state index contributed by atoms with van der Waals surface area (Å²) in [4.78, 5) is 0. The quantitative estimate of drug-likeness (QED) is 0.886. The number of aromatic nitrogens is 2. The lowest BCUT2D eigenvalue weighted by molar-refractivity contribution is 0.404. The molecule has 114 valence electrons. The van der Waals surface area contributed by atoms with E-state index in [4.69, 9.17) is 0 Å². The number of rotatable bonds is 5. The van der Waals surface area contributed by atoms with Crippen molar-refractivity contribution in [1.82, 2.24) is 15.1 Å². The zero-order valence-corrected chi connectivity index (χ0v) is 14.8. The maximum absolute atomic E-state index is 4.52. The Labute approximate surface area is 135 Å². The lowest BCUT2D eigenvalue weighted by atomic mass is 9.93. The highest BCUT2D eigenvalue weighted by molar-refractivity contribution is 9.10. The summed E-state index contributed by atoms with van der Waals surface area (Å²) in [5.74, 6) is 0.423. The van der Waals surface area contributed by atoms with Crippen molar-refractivity contribution in [2.24, 2.45) is 7.05 Å². The second kappa shape index (κ2) is 6.75. The minimum absolute atomic E-state index is 0.123. The van der Waals surface area contributed by atoms with Crippen molar-refractivity contribution in [3.63, 3.8) is 0 Å². The van der Waals surface area contributed by atoms with Crippen molar-refractivity contribution < 1.29 is 0 Å². The fourth-order valence-electron chi connectivity index (χ4n) is 2.30. The third kappa shape index (κ3) is 5.29. The molecule has 0 amide bonds. The van der Waals surface area contributed by atoms with E-state index in [9.17, 15) is 0 Å². The van der Waals surface area contributed by atoms with Crippen molar-refractivity contribution in [2.75, 3.05) is 6.54 Å². The average molecular weight is 350 g/mol. The van der Waals surface area contributed by atoms with E-state index < -0.39 is 0 Å². The normalized spacial score (nSPS) is 13.4. The molecule has 0 fully saturated rings. The van der Waals surface area contributed by atoms with Gasteiger partial charge in [0.05, 0.1) is 5.69 Å². The topological polar surface area (TPSA) is 29.9 Å². The molecule has 1 heterocycles. The van der Waals surface area contributed by atoms with E-state index in [1.165, 1.54) is 5.56 Å². The Morgan fingerprint density at radius 1 is 1.19 bits per heavy atom. The molecule has 0 bridgehead atoms. The zero-order chi connectivity index (χ0) is 15.5. The minimum atomic E-state index is 0.123. The Morgan fingerprint density at radius 2 is 1.86 bits per heavy atom. The molecule has 0 saturated carbocycles. The Kier molecular flexibility index (Phi) is 5.22. The minimum Gasteiger partial charge on any atom is -0.311 e. The zero-order valence-electron chi connectivity index (χ0n) is 13.2. The van der Waals surface area contributed by atoms with Gasteiger partial charge in [-0.1, -0.05) is 28.1 Å². The van der Waals surface area contributed by atoms with Crippen LogP contribution in [0.3, 0.4) is 0 Å². The summed E-state index contributed by atoms with van der Waals surface area (Å²) >= 11 is 3.50. The van der Waals surface area contributed by atoms with Gasteiger partial charge in [-0.2, -0.15) is 5.10 Å². The van der Waals surface area contributed by atoms with E-state index in [1.807, 2.05) is 17.9 Å². The fraction of sp³-hybridized carbons (Fsp3) is 0.471. The van der Waals surface area contributed by atoms with Crippen LogP contribution in [0.15, 0.2) is 41.0 Å². The molecule has 2 aromatic rings. The van der Waals surface area contributed by atoms with Crippen LogP contribution >= 0.6 is 15.9 Å². The molecule has 1 N–H and O–H groups in total. The van der Waals surface area contributed by atoms with Crippen LogP contribution in [0, 0.1) is 0 Å². The number of hydrogen-bond acceptors (Lipinski definition) is 2. The summed E-state index contributed by atoms with van der Waals surface area (Å²) in [6.07, 6.45) is 2.96. The molecule has 1 aromatic heterocycles. The van der Waals surface area contributed by atoms with Crippen LogP contribution in [0.2, 0.25) is 0 Å². The lowest BCUT2D eigenvalue weighted by Gasteiger charge is -2.25. The molecule has 1 aromatic carbocycles. The molecule has 21 heavy (non-hydrogen) atoms. The van der Waals surface area contributed by atoms with Gasteiger partial charge in [-0.15, -0.1) is 0 Å². The number of nitrogens with zero attached hydrogens (tertiary/aromatic N) is 2. The van der Waals surface area contributed by atoms with E-state index >= 15 is 0 Å². The monoisotopic (exact) mass is 349 g/mol. The van der Waals surface area contributed by atoms with Crippen molar-refractivity contribution in [1.29, 1.82) is 0 Å². The summed E-state index contributed by atoms with van der Waals surface area (Å²) in [6, 6.07) is 10.7. The Hall–Kier alpha value is -1.13. The standard InChI is InChI=1S/C17H24BrN3/c1-17(2,3)19-12-14(11-16-9-10-21(4)20-16)13-5-7-15(18)8-6-13/h5-10,14,19H,11-12H2,1-4H3. The van der Waals surface area contributed by atoms with Crippen LogP contribution < -0.4 is 5.32 Å². The molecule has 3 nitrogen and oxygen atoms in total. The van der Waals surface area contributed by atoms with E-state index in [2.05, 4.69) is 77.4 Å². The van der Waals surface area contributed by atoms with Crippen molar-refractivity contribution in [3.05, 3.63) is 52.3 Å². The molecule has 1 unspecified atom stereocenters. The molecule has 4 heteroatoms. The van der Waals surface area contributed by atoms with E-state index in [1.54, 1.807) is 0 Å². The summed E-state index contributed by atoms with van der Waals surface area (Å²) in [5.41, 5.74) is 2.61. The molecular formula is C17H24BrN3. The summed E-state index contributed by atoms with van der Waals surface area (Å²) in [6.45, 7) is 7.55. The Morgan fingerprint density at radius 3 is 2.38 bits per heavy atom. The molecule has 1 atom stereocenters. The number of aryl methyl sites for hydroxylation is 1. The maximum atomic E-state index is 4.52. The average Bonchev–Trinajstić information content (AvgIpc) is 2.80. The Balaban J connectivity index is 2.15. The van der Waals surface area contributed by atoms with Gasteiger partial charge in [-0.05, 0) is 51.0 Å². The number of nitrogens with one attached hydrogen (secondary N) is 1. The molecular weight excluding hydrogens is 326 g/mol. The van der Waals surface area contributed by atoms with Gasteiger partial charge < -0.3 is 5.32 Å². The second-order valence-corrected chi connectivity index (χ2v) is 7.48. The van der Waals surface area contributed by atoms with Crippen LogP contribution in [0.5, 0.6) is 0 Å². The summed E-state index contributed by atoms with van der Waals surface area (Å²) in [7, 11) is 1.96. The number of halogens is 1. The molecule has 2 rings (SSSR count). The highest BCUT2D eigenvalue weighted by Gasteiger charge is 2.17. The predicted molar refractivity (Wildman–Crippen MR) is 91.6 cm³/mol. The van der Waals surface area contributed by atoms with Crippen LogP contribution in [0.25, 0.3) is 0 Å². The molecule has 0 aliphatic carbocycles. The van der Waals surface area contributed by atoms with Crippen molar-refractivity contribution >= 4 is 15.9 Å². The first-order valence-electron chi connectivity index (χ1n) is 7.32. The Bertz CT molecular complexity index is 566. The van der Waals surface area contributed by atoms with Gasteiger partial charge in [0.1, 0.15) is 0 Å². The molecule has 0 saturated heterocycles. The SMILES string of the molecule is Cn1ccc(CC(CNC(C)(C)C)c2ccc(Br)cc2)n1. The van der Waals surface area contributed by atoms with E-state index in [0.29, 0.717) is 5.92 Å². The van der Waals surface area contributed by atoms with Gasteiger partial charge in [-0.3, -0.25) is 4.68 Å². The molecule has 0 aliphatic rings. The summed E-state index contributed by atoms with van der Waals surface area (Å²) < 4.78 is 2.98. The first-order valence-corrected chi connectivity index (χ1v) is 8.12. The van der Waals surface area contributed by atoms with Crippen LogP contribution in [-0.2, 0) is 13.5 Å². The van der Waals surface area contributed by atoms with E-state index in [0.717, 1.165) is 23.1 Å². The predicted octanol–water partition coefficient (Wildman–Crippen LogP) is 3.90. The van der Waals surface area contributed by atoms with Gasteiger partial charge in [0, 0.05) is 35.7 Å². The molecule has 0 spiro atoms. The first kappa shape index (κ1) is 16.2.